The Bertz CT molecular complexity index is 474. The van der Waals surface area contributed by atoms with E-state index in [1.807, 2.05) is 0 Å². The lowest BCUT2D eigenvalue weighted by atomic mass is 10.3. The van der Waals surface area contributed by atoms with Gasteiger partial charge in [0.2, 0.25) is 17.7 Å². The van der Waals surface area contributed by atoms with Crippen molar-refractivity contribution in [1.29, 1.82) is 0 Å². The van der Waals surface area contributed by atoms with E-state index in [4.69, 9.17) is 0 Å². The zero-order valence-corrected chi connectivity index (χ0v) is 11.6. The van der Waals surface area contributed by atoms with E-state index in [9.17, 15) is 14.4 Å². The Labute approximate surface area is 119 Å². The van der Waals surface area contributed by atoms with Crippen LogP contribution in [-0.2, 0) is 14.4 Å². The number of carbonyl (C=O) groups excluding carboxylic acids is 3. The molecule has 1 aromatic heterocycles. The van der Waals surface area contributed by atoms with Gasteiger partial charge in [-0.05, 0) is 0 Å². The van der Waals surface area contributed by atoms with Crippen LogP contribution in [0.25, 0.3) is 0 Å². The summed E-state index contributed by atoms with van der Waals surface area (Å²) in [5.41, 5.74) is 0. The topological polar surface area (TPSA) is 108 Å². The number of thioether (sulfide) groups is 1. The number of rotatable bonds is 7. The van der Waals surface area contributed by atoms with E-state index in [1.165, 1.54) is 18.1 Å². The van der Waals surface area contributed by atoms with E-state index < -0.39 is 0 Å². The summed E-state index contributed by atoms with van der Waals surface area (Å²) in [6.45, 7) is 0.658. The van der Waals surface area contributed by atoms with Crippen LogP contribution in [0.5, 0.6) is 0 Å². The van der Waals surface area contributed by atoms with Gasteiger partial charge in [-0.3, -0.25) is 24.4 Å². The van der Waals surface area contributed by atoms with Crippen LogP contribution < -0.4 is 5.32 Å². The van der Waals surface area contributed by atoms with Crippen LogP contribution >= 0.6 is 11.8 Å². The molecule has 0 unspecified atom stereocenters. The number of likely N-dealkylation sites (tertiary alicyclic amines) is 1. The van der Waals surface area contributed by atoms with Gasteiger partial charge in [-0.25, -0.2) is 4.98 Å². The highest BCUT2D eigenvalue weighted by atomic mass is 32.2. The van der Waals surface area contributed by atoms with Crippen molar-refractivity contribution in [2.24, 2.45) is 0 Å². The maximum atomic E-state index is 11.6. The first-order valence-corrected chi connectivity index (χ1v) is 7.23. The summed E-state index contributed by atoms with van der Waals surface area (Å²) in [6.07, 6.45) is 2.08. The molecular formula is C11H15N5O3S. The van der Waals surface area contributed by atoms with Crippen LogP contribution in [0.1, 0.15) is 19.3 Å². The minimum absolute atomic E-state index is 0.143. The fourth-order valence-corrected chi connectivity index (χ4v) is 2.41. The second-order valence-electron chi connectivity index (χ2n) is 4.18. The minimum atomic E-state index is -0.191. The van der Waals surface area contributed by atoms with Crippen LogP contribution in [0.15, 0.2) is 11.5 Å². The van der Waals surface area contributed by atoms with Gasteiger partial charge >= 0.3 is 0 Å². The maximum Gasteiger partial charge on any atom is 0.229 e. The first-order chi connectivity index (χ1) is 9.66. The predicted molar refractivity (Wildman–Crippen MR) is 70.7 cm³/mol. The van der Waals surface area contributed by atoms with E-state index in [1.54, 1.807) is 0 Å². The lowest BCUT2D eigenvalue weighted by molar-refractivity contribution is -0.138. The van der Waals surface area contributed by atoms with Crippen LogP contribution in [-0.4, -0.2) is 56.6 Å². The molecule has 1 saturated heterocycles. The second-order valence-corrected chi connectivity index (χ2v) is 5.26. The largest absolute Gasteiger partial charge is 0.355 e. The van der Waals surface area contributed by atoms with Crippen LogP contribution in [0.4, 0.5) is 0 Å². The van der Waals surface area contributed by atoms with Gasteiger partial charge in [0.1, 0.15) is 6.33 Å². The molecule has 0 aromatic carbocycles. The Kier molecular flexibility index (Phi) is 5.10. The fourth-order valence-electron chi connectivity index (χ4n) is 1.78. The van der Waals surface area contributed by atoms with Crippen molar-refractivity contribution in [3.8, 4) is 0 Å². The first kappa shape index (κ1) is 14.5. The number of aromatic amines is 1. The Balaban J connectivity index is 1.58. The lowest BCUT2D eigenvalue weighted by Crippen LogP contribution is -2.34. The van der Waals surface area contributed by atoms with Gasteiger partial charge in [0.05, 0.1) is 0 Å². The van der Waals surface area contributed by atoms with Gasteiger partial charge in [-0.15, -0.1) is 0 Å². The second kappa shape index (κ2) is 7.04. The molecule has 0 saturated carbocycles. The molecule has 0 spiro atoms. The number of hydrogen-bond acceptors (Lipinski definition) is 6. The van der Waals surface area contributed by atoms with Gasteiger partial charge in [-0.1, -0.05) is 11.8 Å². The molecule has 8 nitrogen and oxygen atoms in total. The first-order valence-electron chi connectivity index (χ1n) is 6.25. The number of nitrogens with one attached hydrogen (secondary N) is 2. The molecule has 0 aliphatic carbocycles. The number of H-pyrrole nitrogens is 1. The maximum absolute atomic E-state index is 11.6. The monoisotopic (exact) mass is 297 g/mol. The van der Waals surface area contributed by atoms with E-state index in [0.29, 0.717) is 17.5 Å². The van der Waals surface area contributed by atoms with E-state index in [-0.39, 0.29) is 43.5 Å². The summed E-state index contributed by atoms with van der Waals surface area (Å²) >= 11 is 1.45. The zero-order valence-electron chi connectivity index (χ0n) is 10.8. The molecule has 9 heteroatoms. The molecule has 20 heavy (non-hydrogen) atoms. The predicted octanol–water partition coefficient (Wildman–Crippen LogP) is -0.448. The van der Waals surface area contributed by atoms with Gasteiger partial charge < -0.3 is 5.32 Å². The molecule has 2 heterocycles. The average Bonchev–Trinajstić information content (AvgIpc) is 3.04. The summed E-state index contributed by atoms with van der Waals surface area (Å²) in [5, 5.41) is 9.84. The summed E-state index contributed by atoms with van der Waals surface area (Å²) in [6, 6.07) is 0. The third-order valence-corrected chi connectivity index (χ3v) is 3.65. The number of nitrogens with zero attached hydrogens (tertiary/aromatic N) is 3. The Morgan fingerprint density at radius 2 is 2.15 bits per heavy atom. The summed E-state index contributed by atoms with van der Waals surface area (Å²) in [7, 11) is 0. The van der Waals surface area contributed by atoms with Crippen LogP contribution in [0.2, 0.25) is 0 Å². The van der Waals surface area contributed by atoms with Crippen molar-refractivity contribution in [3.05, 3.63) is 6.33 Å². The Morgan fingerprint density at radius 1 is 1.40 bits per heavy atom. The summed E-state index contributed by atoms with van der Waals surface area (Å²) < 4.78 is 0. The lowest BCUT2D eigenvalue weighted by Gasteiger charge is -2.13. The van der Waals surface area contributed by atoms with Gasteiger partial charge in [-0.2, -0.15) is 5.10 Å². The van der Waals surface area contributed by atoms with Crippen molar-refractivity contribution in [3.63, 3.8) is 0 Å². The van der Waals surface area contributed by atoms with Crippen molar-refractivity contribution in [1.82, 2.24) is 25.4 Å². The average molecular weight is 297 g/mol. The quantitative estimate of drug-likeness (QED) is 0.401. The standard InChI is InChI=1S/C11H15N5O3S/c17-8(3-5-16-9(18)1-2-10(16)19)12-4-6-20-11-13-7-14-15-11/h7H,1-6H2,(H,12,17)(H,13,14,15). The minimum Gasteiger partial charge on any atom is -0.355 e. The molecule has 0 atom stereocenters. The van der Waals surface area contributed by atoms with Crippen molar-refractivity contribution in [2.45, 2.75) is 24.4 Å². The highest BCUT2D eigenvalue weighted by Crippen LogP contribution is 2.12. The van der Waals surface area contributed by atoms with E-state index in [2.05, 4.69) is 20.5 Å². The van der Waals surface area contributed by atoms with E-state index in [0.717, 1.165) is 4.90 Å². The smallest absolute Gasteiger partial charge is 0.229 e. The highest BCUT2D eigenvalue weighted by Gasteiger charge is 2.28. The van der Waals surface area contributed by atoms with Crippen molar-refractivity contribution < 1.29 is 14.4 Å². The number of amides is 3. The van der Waals surface area contributed by atoms with Gasteiger partial charge in [0.15, 0.2) is 5.16 Å². The van der Waals surface area contributed by atoms with Gasteiger partial charge in [0, 0.05) is 38.1 Å². The molecule has 1 aliphatic heterocycles. The zero-order chi connectivity index (χ0) is 14.4. The molecule has 0 bridgehead atoms. The number of aromatic nitrogens is 3. The Hall–Kier alpha value is -1.90. The van der Waals surface area contributed by atoms with E-state index >= 15 is 0 Å². The van der Waals surface area contributed by atoms with Gasteiger partial charge in [0.25, 0.3) is 0 Å². The highest BCUT2D eigenvalue weighted by molar-refractivity contribution is 7.99. The molecule has 2 N–H and O–H groups in total. The molecule has 1 fully saturated rings. The fraction of sp³-hybridized carbons (Fsp3) is 0.545. The van der Waals surface area contributed by atoms with Crippen molar-refractivity contribution in [2.75, 3.05) is 18.8 Å². The molecule has 2 rings (SSSR count). The summed E-state index contributed by atoms with van der Waals surface area (Å²) in [4.78, 5) is 39.4. The number of imide groups is 1. The third kappa shape index (κ3) is 4.05. The normalized spacial score (nSPS) is 14.9. The molecule has 0 radical (unpaired) electrons. The van der Waals surface area contributed by atoms with Crippen molar-refractivity contribution >= 4 is 29.5 Å². The molecule has 1 aliphatic rings. The molecule has 3 amide bonds. The molecule has 108 valence electrons. The third-order valence-electron chi connectivity index (χ3n) is 2.77. The molecular weight excluding hydrogens is 282 g/mol. The number of carbonyl (C=O) groups is 3. The Morgan fingerprint density at radius 3 is 2.80 bits per heavy atom. The van der Waals surface area contributed by atoms with Crippen LogP contribution in [0.3, 0.4) is 0 Å². The van der Waals surface area contributed by atoms with Crippen LogP contribution in [0, 0.1) is 0 Å². The number of hydrogen-bond donors (Lipinski definition) is 2. The SMILES string of the molecule is O=C(CCN1C(=O)CCC1=O)NCCSc1ncn[nH]1. The summed E-state index contributed by atoms with van der Waals surface area (Å²) in [5.74, 6) is 0.116. The molecule has 1 aromatic rings.